The van der Waals surface area contributed by atoms with E-state index >= 15 is 0 Å². The van der Waals surface area contributed by atoms with Gasteiger partial charge in [-0.2, -0.15) is 5.26 Å². The third-order valence-electron chi connectivity index (χ3n) is 4.07. The molecule has 0 radical (unpaired) electrons. The fraction of sp³-hybridized carbons (Fsp3) is 0.529. The summed E-state index contributed by atoms with van der Waals surface area (Å²) in [5.74, 6) is 0.869. The predicted molar refractivity (Wildman–Crippen MR) is 80.8 cm³/mol. The topological polar surface area (TPSA) is 62.1 Å². The SMILES string of the molecule is CC1CCCCCC1NC(=O)COc1ccccc1C#N. The van der Waals surface area contributed by atoms with E-state index in [9.17, 15) is 4.79 Å². The molecule has 1 saturated carbocycles. The summed E-state index contributed by atoms with van der Waals surface area (Å²) in [5.41, 5.74) is 0.452. The van der Waals surface area contributed by atoms with E-state index in [4.69, 9.17) is 10.00 Å². The minimum absolute atomic E-state index is 0.0398. The average molecular weight is 286 g/mol. The lowest BCUT2D eigenvalue weighted by Crippen LogP contribution is -2.41. The Kier molecular flexibility index (Phi) is 5.62. The molecule has 0 bridgehead atoms. The molecule has 4 nitrogen and oxygen atoms in total. The second-order valence-corrected chi connectivity index (χ2v) is 5.69. The molecule has 21 heavy (non-hydrogen) atoms. The number of para-hydroxylation sites is 1. The fourth-order valence-electron chi connectivity index (χ4n) is 2.78. The van der Waals surface area contributed by atoms with Crippen LogP contribution in [-0.4, -0.2) is 18.6 Å². The molecule has 0 heterocycles. The Balaban J connectivity index is 1.86. The number of benzene rings is 1. The number of carbonyl (C=O) groups excluding carboxylic acids is 1. The lowest BCUT2D eigenvalue weighted by molar-refractivity contribution is -0.124. The van der Waals surface area contributed by atoms with Gasteiger partial charge in [0.05, 0.1) is 5.56 Å². The van der Waals surface area contributed by atoms with E-state index in [1.165, 1.54) is 25.7 Å². The molecule has 2 unspecified atom stereocenters. The van der Waals surface area contributed by atoms with Crippen LogP contribution in [0, 0.1) is 17.2 Å². The molecule has 1 N–H and O–H groups in total. The minimum Gasteiger partial charge on any atom is -0.482 e. The van der Waals surface area contributed by atoms with Crippen LogP contribution in [0.4, 0.5) is 0 Å². The van der Waals surface area contributed by atoms with Crippen molar-refractivity contribution < 1.29 is 9.53 Å². The maximum Gasteiger partial charge on any atom is 0.258 e. The van der Waals surface area contributed by atoms with Crippen molar-refractivity contribution in [2.75, 3.05) is 6.61 Å². The number of nitriles is 1. The van der Waals surface area contributed by atoms with Gasteiger partial charge in [0.25, 0.3) is 5.91 Å². The molecule has 2 atom stereocenters. The monoisotopic (exact) mass is 286 g/mol. The minimum atomic E-state index is -0.110. The molecule has 1 aromatic carbocycles. The number of rotatable bonds is 4. The Morgan fingerprint density at radius 1 is 1.33 bits per heavy atom. The Labute approximate surface area is 126 Å². The molecule has 112 valence electrons. The normalized spacial score (nSPS) is 21.9. The molecule has 1 aliphatic rings. The van der Waals surface area contributed by atoms with E-state index in [0.717, 1.165) is 6.42 Å². The maximum absolute atomic E-state index is 12.0. The van der Waals surface area contributed by atoms with Crippen LogP contribution < -0.4 is 10.1 Å². The molecule has 1 aliphatic carbocycles. The van der Waals surface area contributed by atoms with Crippen LogP contribution in [-0.2, 0) is 4.79 Å². The van der Waals surface area contributed by atoms with Gasteiger partial charge < -0.3 is 10.1 Å². The van der Waals surface area contributed by atoms with Crippen molar-refractivity contribution in [1.29, 1.82) is 5.26 Å². The molecule has 4 heteroatoms. The van der Waals surface area contributed by atoms with Gasteiger partial charge in [0.1, 0.15) is 11.8 Å². The number of ether oxygens (including phenoxy) is 1. The van der Waals surface area contributed by atoms with Crippen molar-refractivity contribution >= 4 is 5.91 Å². The zero-order valence-corrected chi connectivity index (χ0v) is 12.5. The van der Waals surface area contributed by atoms with Crippen LogP contribution in [0.5, 0.6) is 5.75 Å². The van der Waals surface area contributed by atoms with E-state index in [-0.39, 0.29) is 18.6 Å². The summed E-state index contributed by atoms with van der Waals surface area (Å²) in [4.78, 5) is 12.0. The van der Waals surface area contributed by atoms with E-state index in [0.29, 0.717) is 17.2 Å². The largest absolute Gasteiger partial charge is 0.482 e. The van der Waals surface area contributed by atoms with Crippen LogP contribution >= 0.6 is 0 Å². The molecular formula is C17H22N2O2. The number of amides is 1. The highest BCUT2D eigenvalue weighted by Crippen LogP contribution is 2.23. The molecule has 0 spiro atoms. The number of nitrogens with zero attached hydrogens (tertiary/aromatic N) is 1. The first-order valence-corrected chi connectivity index (χ1v) is 7.62. The molecule has 0 aromatic heterocycles. The Hall–Kier alpha value is -2.02. The summed E-state index contributed by atoms with van der Waals surface area (Å²) >= 11 is 0. The van der Waals surface area contributed by atoms with E-state index < -0.39 is 0 Å². The van der Waals surface area contributed by atoms with Gasteiger partial charge in [-0.05, 0) is 30.9 Å². The van der Waals surface area contributed by atoms with Crippen LogP contribution in [0.1, 0.15) is 44.6 Å². The van der Waals surface area contributed by atoms with Gasteiger partial charge in [0.2, 0.25) is 0 Å². The first kappa shape index (κ1) is 15.4. The van der Waals surface area contributed by atoms with Crippen LogP contribution in [0.3, 0.4) is 0 Å². The van der Waals surface area contributed by atoms with Crippen molar-refractivity contribution in [3.05, 3.63) is 29.8 Å². The highest BCUT2D eigenvalue weighted by Gasteiger charge is 2.21. The zero-order chi connectivity index (χ0) is 15.1. The summed E-state index contributed by atoms with van der Waals surface area (Å²) in [6.45, 7) is 2.16. The highest BCUT2D eigenvalue weighted by molar-refractivity contribution is 5.78. The van der Waals surface area contributed by atoms with E-state index in [1.54, 1.807) is 24.3 Å². The summed E-state index contributed by atoms with van der Waals surface area (Å²) in [5, 5.41) is 12.0. The zero-order valence-electron chi connectivity index (χ0n) is 12.5. The van der Waals surface area contributed by atoms with Crippen molar-refractivity contribution in [1.82, 2.24) is 5.32 Å². The third-order valence-corrected chi connectivity index (χ3v) is 4.07. The van der Waals surface area contributed by atoms with Crippen LogP contribution in [0.25, 0.3) is 0 Å². The second kappa shape index (κ2) is 7.68. The maximum atomic E-state index is 12.0. The quantitative estimate of drug-likeness (QED) is 0.865. The predicted octanol–water partition coefficient (Wildman–Crippen LogP) is 3.02. The van der Waals surface area contributed by atoms with E-state index in [1.807, 2.05) is 0 Å². The molecule has 1 amide bonds. The summed E-state index contributed by atoms with van der Waals surface area (Å²) in [6, 6.07) is 9.26. The molecule has 1 aromatic rings. The smallest absolute Gasteiger partial charge is 0.258 e. The van der Waals surface area contributed by atoms with Crippen molar-refractivity contribution in [2.24, 2.45) is 5.92 Å². The summed E-state index contributed by atoms with van der Waals surface area (Å²) in [6.07, 6.45) is 5.89. The highest BCUT2D eigenvalue weighted by atomic mass is 16.5. The number of hydrogen-bond acceptors (Lipinski definition) is 3. The van der Waals surface area contributed by atoms with E-state index in [2.05, 4.69) is 18.3 Å². The Morgan fingerprint density at radius 3 is 2.90 bits per heavy atom. The van der Waals surface area contributed by atoms with Crippen LogP contribution in [0.2, 0.25) is 0 Å². The molecule has 0 saturated heterocycles. The number of nitrogens with one attached hydrogen (secondary N) is 1. The Morgan fingerprint density at radius 2 is 2.10 bits per heavy atom. The molecule has 2 rings (SSSR count). The van der Waals surface area contributed by atoms with Gasteiger partial charge in [0, 0.05) is 6.04 Å². The Bertz CT molecular complexity index is 522. The first-order chi connectivity index (χ1) is 10.2. The summed E-state index contributed by atoms with van der Waals surface area (Å²) in [7, 11) is 0. The lowest BCUT2D eigenvalue weighted by Gasteiger charge is -2.22. The molecule has 1 fully saturated rings. The van der Waals surface area contributed by atoms with Crippen molar-refractivity contribution in [3.8, 4) is 11.8 Å². The number of hydrogen-bond donors (Lipinski definition) is 1. The van der Waals surface area contributed by atoms with Gasteiger partial charge in [-0.25, -0.2) is 0 Å². The molecular weight excluding hydrogens is 264 g/mol. The second-order valence-electron chi connectivity index (χ2n) is 5.69. The first-order valence-electron chi connectivity index (χ1n) is 7.62. The van der Waals surface area contributed by atoms with Gasteiger partial charge in [-0.1, -0.05) is 38.3 Å². The molecule has 0 aliphatic heterocycles. The average Bonchev–Trinajstić information content (AvgIpc) is 2.70. The van der Waals surface area contributed by atoms with Crippen LogP contribution in [0.15, 0.2) is 24.3 Å². The van der Waals surface area contributed by atoms with Gasteiger partial charge in [-0.3, -0.25) is 4.79 Å². The fourth-order valence-corrected chi connectivity index (χ4v) is 2.78. The van der Waals surface area contributed by atoms with Gasteiger partial charge in [-0.15, -0.1) is 0 Å². The van der Waals surface area contributed by atoms with Crippen molar-refractivity contribution in [3.63, 3.8) is 0 Å². The van der Waals surface area contributed by atoms with Crippen molar-refractivity contribution in [2.45, 2.75) is 45.1 Å². The third kappa shape index (κ3) is 4.49. The van der Waals surface area contributed by atoms with Gasteiger partial charge >= 0.3 is 0 Å². The summed E-state index contributed by atoms with van der Waals surface area (Å²) < 4.78 is 5.46. The number of carbonyl (C=O) groups is 1. The standard InChI is InChI=1S/C17H22N2O2/c1-13-7-3-2-4-9-15(13)19-17(20)12-21-16-10-6-5-8-14(16)11-18/h5-6,8,10,13,15H,2-4,7,9,12H2,1H3,(H,19,20). The lowest BCUT2D eigenvalue weighted by atomic mass is 9.97. The van der Waals surface area contributed by atoms with Gasteiger partial charge in [0.15, 0.2) is 6.61 Å².